The molecule has 1 heterocycles. The molecule has 0 saturated carbocycles. The van der Waals surface area contributed by atoms with Crippen LogP contribution in [-0.2, 0) is 0 Å². The fraction of sp³-hybridized carbons (Fsp3) is 0.0870. The topological polar surface area (TPSA) is 29.1 Å². The molecular weight excluding hydrogens is 338 g/mol. The minimum absolute atomic E-state index is 0.0595. The molecule has 0 aliphatic carbocycles. The predicted octanol–water partition coefficient (Wildman–Crippen LogP) is 6.44. The molecule has 0 unspecified atom stereocenters. The summed E-state index contributed by atoms with van der Waals surface area (Å²) in [5.41, 5.74) is 4.21. The zero-order chi connectivity index (χ0) is 18.1. The average Bonchev–Trinajstić information content (AvgIpc) is 3.14. The maximum absolute atomic E-state index is 12.6. The number of anilines is 1. The van der Waals surface area contributed by atoms with Crippen LogP contribution in [0.2, 0.25) is 0 Å². The number of carbonyl (C=O) groups excluding carboxylic acids is 1. The summed E-state index contributed by atoms with van der Waals surface area (Å²) in [6, 6.07) is 24.7. The van der Waals surface area contributed by atoms with Crippen molar-refractivity contribution in [2.75, 3.05) is 5.32 Å². The van der Waals surface area contributed by atoms with Gasteiger partial charge in [-0.25, -0.2) is 0 Å². The molecule has 3 heteroatoms. The van der Waals surface area contributed by atoms with E-state index in [1.165, 1.54) is 22.1 Å². The Balaban J connectivity index is 1.60. The van der Waals surface area contributed by atoms with Gasteiger partial charge in [-0.15, -0.1) is 11.3 Å². The van der Waals surface area contributed by atoms with Gasteiger partial charge in [-0.2, -0.15) is 0 Å². The van der Waals surface area contributed by atoms with Gasteiger partial charge >= 0.3 is 0 Å². The van der Waals surface area contributed by atoms with Gasteiger partial charge < -0.3 is 5.32 Å². The second kappa shape index (κ2) is 6.77. The Bertz CT molecular complexity index is 1110. The van der Waals surface area contributed by atoms with E-state index in [9.17, 15) is 4.79 Å². The summed E-state index contributed by atoms with van der Waals surface area (Å²) in [5.74, 6) is -0.0595. The Morgan fingerprint density at radius 1 is 0.846 bits per heavy atom. The van der Waals surface area contributed by atoms with Gasteiger partial charge in [-0.1, -0.05) is 48.5 Å². The fourth-order valence-electron chi connectivity index (χ4n) is 3.01. The van der Waals surface area contributed by atoms with Gasteiger partial charge in [0.1, 0.15) is 0 Å². The largest absolute Gasteiger partial charge is 0.321 e. The third kappa shape index (κ3) is 3.26. The average molecular weight is 357 g/mol. The summed E-state index contributed by atoms with van der Waals surface area (Å²) >= 11 is 1.52. The molecular formula is C23H19NOS. The second-order valence-corrected chi connectivity index (χ2v) is 7.58. The Hall–Kier alpha value is -2.91. The molecule has 0 fully saturated rings. The van der Waals surface area contributed by atoms with Gasteiger partial charge in [0, 0.05) is 10.6 Å². The molecule has 128 valence electrons. The zero-order valence-electron chi connectivity index (χ0n) is 14.7. The number of fused-ring (bicyclic) bond motifs is 1. The molecule has 0 aliphatic rings. The highest BCUT2D eigenvalue weighted by atomic mass is 32.1. The van der Waals surface area contributed by atoms with Crippen LogP contribution in [0.5, 0.6) is 0 Å². The van der Waals surface area contributed by atoms with E-state index >= 15 is 0 Å². The third-order valence-electron chi connectivity index (χ3n) is 4.51. The lowest BCUT2D eigenvalue weighted by Crippen LogP contribution is -2.11. The van der Waals surface area contributed by atoms with Crippen molar-refractivity contribution in [1.29, 1.82) is 0 Å². The lowest BCUT2D eigenvalue weighted by molar-refractivity contribution is 0.103. The first-order valence-electron chi connectivity index (χ1n) is 8.58. The van der Waals surface area contributed by atoms with Crippen LogP contribution in [0.1, 0.15) is 20.8 Å². The molecule has 0 saturated heterocycles. The SMILES string of the molecule is Cc1ccc(C)c(NC(=O)c2ccc(-c3ccc4ccccc4c3)s2)c1. The maximum atomic E-state index is 12.6. The van der Waals surface area contributed by atoms with E-state index in [-0.39, 0.29) is 5.91 Å². The summed E-state index contributed by atoms with van der Waals surface area (Å²) in [4.78, 5) is 14.4. The number of benzene rings is 3. The van der Waals surface area contributed by atoms with E-state index in [0.717, 1.165) is 27.3 Å². The Kier molecular flexibility index (Phi) is 4.31. The van der Waals surface area contributed by atoms with Gasteiger partial charge in [0.05, 0.1) is 4.88 Å². The quantitative estimate of drug-likeness (QED) is 0.449. The van der Waals surface area contributed by atoms with E-state index < -0.39 is 0 Å². The first-order chi connectivity index (χ1) is 12.6. The van der Waals surface area contributed by atoms with Crippen molar-refractivity contribution < 1.29 is 4.79 Å². The first-order valence-corrected chi connectivity index (χ1v) is 9.39. The lowest BCUT2D eigenvalue weighted by atomic mass is 10.1. The molecule has 1 amide bonds. The van der Waals surface area contributed by atoms with E-state index in [2.05, 4.69) is 35.6 Å². The van der Waals surface area contributed by atoms with E-state index in [4.69, 9.17) is 0 Å². The smallest absolute Gasteiger partial charge is 0.265 e. The zero-order valence-corrected chi connectivity index (χ0v) is 15.6. The van der Waals surface area contributed by atoms with Crippen LogP contribution in [0.3, 0.4) is 0 Å². The van der Waals surface area contributed by atoms with Crippen LogP contribution in [0, 0.1) is 13.8 Å². The molecule has 2 nitrogen and oxygen atoms in total. The molecule has 0 atom stereocenters. The van der Waals surface area contributed by atoms with E-state index in [1.807, 2.05) is 56.3 Å². The van der Waals surface area contributed by atoms with Crippen molar-refractivity contribution in [2.45, 2.75) is 13.8 Å². The minimum Gasteiger partial charge on any atom is -0.321 e. The highest BCUT2D eigenvalue weighted by molar-refractivity contribution is 7.17. The number of nitrogens with one attached hydrogen (secondary N) is 1. The summed E-state index contributed by atoms with van der Waals surface area (Å²) < 4.78 is 0. The fourth-order valence-corrected chi connectivity index (χ4v) is 3.91. The first kappa shape index (κ1) is 16.6. The molecule has 0 aliphatic heterocycles. The van der Waals surface area contributed by atoms with Crippen LogP contribution in [0.25, 0.3) is 21.2 Å². The van der Waals surface area contributed by atoms with Gasteiger partial charge in [-0.05, 0) is 65.6 Å². The normalized spacial score (nSPS) is 10.8. The summed E-state index contributed by atoms with van der Waals surface area (Å²) in [7, 11) is 0. The standard InChI is InChI=1S/C23H19NOS/c1-15-7-8-16(2)20(13-15)24-23(25)22-12-11-21(26-22)19-10-9-17-5-3-4-6-18(17)14-19/h3-14H,1-2H3,(H,24,25). The predicted molar refractivity (Wildman–Crippen MR) is 111 cm³/mol. The van der Waals surface area contributed by atoms with Gasteiger partial charge in [0.2, 0.25) is 0 Å². The van der Waals surface area contributed by atoms with Crippen LogP contribution in [0.4, 0.5) is 5.69 Å². The molecule has 4 aromatic rings. The minimum atomic E-state index is -0.0595. The highest BCUT2D eigenvalue weighted by Crippen LogP contribution is 2.31. The number of aryl methyl sites for hydroxylation is 2. The van der Waals surface area contributed by atoms with Crippen molar-refractivity contribution in [1.82, 2.24) is 0 Å². The molecule has 26 heavy (non-hydrogen) atoms. The van der Waals surface area contributed by atoms with E-state index in [1.54, 1.807) is 0 Å². The molecule has 1 aromatic heterocycles. The number of thiophene rings is 1. The number of rotatable bonds is 3. The molecule has 3 aromatic carbocycles. The van der Waals surface area contributed by atoms with Crippen molar-refractivity contribution in [2.24, 2.45) is 0 Å². The highest BCUT2D eigenvalue weighted by Gasteiger charge is 2.12. The van der Waals surface area contributed by atoms with Crippen molar-refractivity contribution in [3.63, 3.8) is 0 Å². The molecule has 0 spiro atoms. The van der Waals surface area contributed by atoms with Crippen LogP contribution >= 0.6 is 11.3 Å². The van der Waals surface area contributed by atoms with Crippen LogP contribution in [-0.4, -0.2) is 5.91 Å². The summed E-state index contributed by atoms with van der Waals surface area (Å²) in [6.07, 6.45) is 0. The number of carbonyl (C=O) groups is 1. The molecule has 4 rings (SSSR count). The van der Waals surface area contributed by atoms with Gasteiger partial charge in [0.15, 0.2) is 0 Å². The molecule has 1 N–H and O–H groups in total. The third-order valence-corrected chi connectivity index (χ3v) is 5.64. The Morgan fingerprint density at radius 3 is 2.50 bits per heavy atom. The number of hydrogen-bond acceptors (Lipinski definition) is 2. The van der Waals surface area contributed by atoms with Crippen molar-refractivity contribution in [3.05, 3.63) is 88.8 Å². The monoisotopic (exact) mass is 357 g/mol. The summed E-state index contributed by atoms with van der Waals surface area (Å²) in [6.45, 7) is 4.03. The number of amides is 1. The van der Waals surface area contributed by atoms with E-state index in [0.29, 0.717) is 4.88 Å². The van der Waals surface area contributed by atoms with Crippen molar-refractivity contribution in [3.8, 4) is 10.4 Å². The molecule has 0 bridgehead atoms. The summed E-state index contributed by atoms with van der Waals surface area (Å²) in [5, 5.41) is 5.46. The second-order valence-electron chi connectivity index (χ2n) is 6.50. The van der Waals surface area contributed by atoms with Gasteiger partial charge in [-0.3, -0.25) is 4.79 Å². The Labute approximate surface area is 157 Å². The Morgan fingerprint density at radius 2 is 1.65 bits per heavy atom. The van der Waals surface area contributed by atoms with Crippen molar-refractivity contribution >= 4 is 33.7 Å². The molecule has 0 radical (unpaired) electrons. The van der Waals surface area contributed by atoms with Gasteiger partial charge in [0.25, 0.3) is 5.91 Å². The maximum Gasteiger partial charge on any atom is 0.265 e. The van der Waals surface area contributed by atoms with Crippen LogP contribution < -0.4 is 5.32 Å². The van der Waals surface area contributed by atoms with Crippen LogP contribution in [0.15, 0.2) is 72.8 Å². The number of hydrogen-bond donors (Lipinski definition) is 1. The lowest BCUT2D eigenvalue weighted by Gasteiger charge is -2.08.